The van der Waals surface area contributed by atoms with Gasteiger partial charge in [-0.05, 0) is 43.3 Å². The SMILES string of the molecule is CCN(c1cccc(F)c1)c1cc(Br)cc(C(=O)O)c1. The van der Waals surface area contributed by atoms with E-state index in [1.807, 2.05) is 11.8 Å². The Morgan fingerprint density at radius 1 is 1.25 bits per heavy atom. The fourth-order valence-electron chi connectivity index (χ4n) is 2.01. The van der Waals surface area contributed by atoms with Gasteiger partial charge in [-0.3, -0.25) is 0 Å². The molecule has 0 aliphatic heterocycles. The number of rotatable bonds is 4. The molecule has 20 heavy (non-hydrogen) atoms. The predicted octanol–water partition coefficient (Wildman–Crippen LogP) is 4.44. The fourth-order valence-corrected chi connectivity index (χ4v) is 2.49. The molecule has 104 valence electrons. The van der Waals surface area contributed by atoms with Crippen LogP contribution in [-0.4, -0.2) is 17.6 Å². The van der Waals surface area contributed by atoms with E-state index in [2.05, 4.69) is 15.9 Å². The minimum Gasteiger partial charge on any atom is -0.478 e. The highest BCUT2D eigenvalue weighted by atomic mass is 79.9. The van der Waals surface area contributed by atoms with Gasteiger partial charge >= 0.3 is 5.97 Å². The van der Waals surface area contributed by atoms with Crippen LogP contribution in [0.25, 0.3) is 0 Å². The molecule has 0 aromatic heterocycles. The third-order valence-electron chi connectivity index (χ3n) is 2.88. The molecule has 0 bridgehead atoms. The normalized spacial score (nSPS) is 10.3. The van der Waals surface area contributed by atoms with Gasteiger partial charge in [-0.15, -0.1) is 0 Å². The van der Waals surface area contributed by atoms with Gasteiger partial charge in [-0.25, -0.2) is 9.18 Å². The zero-order chi connectivity index (χ0) is 14.7. The maximum atomic E-state index is 13.3. The Morgan fingerprint density at radius 3 is 2.60 bits per heavy atom. The number of hydrogen-bond donors (Lipinski definition) is 1. The van der Waals surface area contributed by atoms with Gasteiger partial charge < -0.3 is 10.0 Å². The van der Waals surface area contributed by atoms with E-state index in [1.54, 1.807) is 24.3 Å². The smallest absolute Gasteiger partial charge is 0.335 e. The number of carboxylic acid groups (broad SMARTS) is 1. The van der Waals surface area contributed by atoms with Crippen molar-refractivity contribution in [2.45, 2.75) is 6.92 Å². The average Bonchev–Trinajstić information content (AvgIpc) is 2.39. The first-order valence-corrected chi connectivity index (χ1v) is 6.87. The Balaban J connectivity index is 2.49. The van der Waals surface area contributed by atoms with E-state index < -0.39 is 5.97 Å². The Hall–Kier alpha value is -1.88. The lowest BCUT2D eigenvalue weighted by Crippen LogP contribution is -2.16. The number of benzene rings is 2. The molecule has 3 nitrogen and oxygen atoms in total. The largest absolute Gasteiger partial charge is 0.478 e. The number of aromatic carboxylic acids is 1. The minimum absolute atomic E-state index is 0.184. The second kappa shape index (κ2) is 6.05. The summed E-state index contributed by atoms with van der Waals surface area (Å²) in [6.07, 6.45) is 0. The molecule has 2 aromatic rings. The topological polar surface area (TPSA) is 40.5 Å². The Bertz CT molecular complexity index is 646. The zero-order valence-corrected chi connectivity index (χ0v) is 12.4. The Labute approximate surface area is 124 Å². The van der Waals surface area contributed by atoms with Crippen LogP contribution in [0.4, 0.5) is 15.8 Å². The van der Waals surface area contributed by atoms with E-state index >= 15 is 0 Å². The highest BCUT2D eigenvalue weighted by Gasteiger charge is 2.12. The molecule has 0 saturated heterocycles. The summed E-state index contributed by atoms with van der Waals surface area (Å²) in [6, 6.07) is 11.1. The number of nitrogens with zero attached hydrogens (tertiary/aromatic N) is 1. The minimum atomic E-state index is -0.997. The lowest BCUT2D eigenvalue weighted by molar-refractivity contribution is 0.0697. The van der Waals surface area contributed by atoms with Crippen molar-refractivity contribution in [2.24, 2.45) is 0 Å². The first kappa shape index (κ1) is 14.5. The van der Waals surface area contributed by atoms with Crippen molar-refractivity contribution in [3.8, 4) is 0 Å². The van der Waals surface area contributed by atoms with Crippen LogP contribution in [0.5, 0.6) is 0 Å². The molecule has 0 atom stereocenters. The molecule has 0 heterocycles. The summed E-state index contributed by atoms with van der Waals surface area (Å²) in [5, 5.41) is 9.10. The summed E-state index contributed by atoms with van der Waals surface area (Å²) in [4.78, 5) is 13.0. The first-order valence-electron chi connectivity index (χ1n) is 6.08. The lowest BCUT2D eigenvalue weighted by Gasteiger charge is -2.24. The van der Waals surface area contributed by atoms with Crippen molar-refractivity contribution in [3.05, 3.63) is 58.3 Å². The van der Waals surface area contributed by atoms with E-state index in [0.29, 0.717) is 22.4 Å². The number of anilines is 2. The summed E-state index contributed by atoms with van der Waals surface area (Å²) < 4.78 is 14.0. The fraction of sp³-hybridized carbons (Fsp3) is 0.133. The van der Waals surface area contributed by atoms with E-state index in [0.717, 1.165) is 0 Å². The molecule has 0 unspecified atom stereocenters. The number of hydrogen-bond acceptors (Lipinski definition) is 2. The van der Waals surface area contributed by atoms with E-state index in [4.69, 9.17) is 5.11 Å². The maximum absolute atomic E-state index is 13.3. The van der Waals surface area contributed by atoms with Gasteiger partial charge in [0.15, 0.2) is 0 Å². The Kier molecular flexibility index (Phi) is 4.39. The molecular formula is C15H13BrFNO2. The van der Waals surface area contributed by atoms with Crippen LogP contribution in [-0.2, 0) is 0 Å². The van der Waals surface area contributed by atoms with Crippen LogP contribution >= 0.6 is 15.9 Å². The van der Waals surface area contributed by atoms with Crippen LogP contribution in [0, 0.1) is 5.82 Å². The maximum Gasteiger partial charge on any atom is 0.335 e. The van der Waals surface area contributed by atoms with Crippen LogP contribution < -0.4 is 4.90 Å². The van der Waals surface area contributed by atoms with E-state index in [-0.39, 0.29) is 11.4 Å². The van der Waals surface area contributed by atoms with Crippen LogP contribution in [0.3, 0.4) is 0 Å². The summed E-state index contributed by atoms with van der Waals surface area (Å²) in [5.74, 6) is -1.32. The van der Waals surface area contributed by atoms with Gasteiger partial charge in [0.25, 0.3) is 0 Å². The van der Waals surface area contributed by atoms with E-state index in [1.165, 1.54) is 18.2 Å². The van der Waals surface area contributed by atoms with Gasteiger partial charge in [0.05, 0.1) is 5.56 Å². The van der Waals surface area contributed by atoms with Crippen molar-refractivity contribution in [1.82, 2.24) is 0 Å². The van der Waals surface area contributed by atoms with Gasteiger partial charge in [-0.2, -0.15) is 0 Å². The highest BCUT2D eigenvalue weighted by molar-refractivity contribution is 9.10. The van der Waals surface area contributed by atoms with Gasteiger partial charge in [0, 0.05) is 22.4 Å². The summed E-state index contributed by atoms with van der Waals surface area (Å²) in [7, 11) is 0. The third kappa shape index (κ3) is 3.17. The molecule has 5 heteroatoms. The average molecular weight is 338 g/mol. The first-order chi connectivity index (χ1) is 9.51. The zero-order valence-electron chi connectivity index (χ0n) is 10.8. The molecule has 0 fully saturated rings. The quantitative estimate of drug-likeness (QED) is 0.896. The van der Waals surface area contributed by atoms with E-state index in [9.17, 15) is 9.18 Å². The molecule has 2 aromatic carbocycles. The van der Waals surface area contributed by atoms with Crippen LogP contribution in [0.1, 0.15) is 17.3 Å². The van der Waals surface area contributed by atoms with Crippen molar-refractivity contribution in [1.29, 1.82) is 0 Å². The Morgan fingerprint density at radius 2 is 2.00 bits per heavy atom. The van der Waals surface area contributed by atoms with Crippen LogP contribution in [0.2, 0.25) is 0 Å². The summed E-state index contributed by atoms with van der Waals surface area (Å²) >= 11 is 3.30. The molecule has 0 spiro atoms. The second-order valence-corrected chi connectivity index (χ2v) is 5.14. The summed E-state index contributed by atoms with van der Waals surface area (Å²) in [6.45, 7) is 2.52. The number of halogens is 2. The van der Waals surface area contributed by atoms with Crippen molar-refractivity contribution in [2.75, 3.05) is 11.4 Å². The van der Waals surface area contributed by atoms with Gasteiger partial charge in [0.1, 0.15) is 5.82 Å². The molecular weight excluding hydrogens is 325 g/mol. The van der Waals surface area contributed by atoms with Crippen molar-refractivity contribution in [3.63, 3.8) is 0 Å². The molecule has 1 N–H and O–H groups in total. The molecule has 0 amide bonds. The molecule has 0 aliphatic rings. The number of carboxylic acids is 1. The van der Waals surface area contributed by atoms with Crippen LogP contribution in [0.15, 0.2) is 46.9 Å². The van der Waals surface area contributed by atoms with Crippen molar-refractivity contribution >= 4 is 33.3 Å². The molecule has 0 aliphatic carbocycles. The lowest BCUT2D eigenvalue weighted by atomic mass is 10.1. The predicted molar refractivity (Wildman–Crippen MR) is 80.2 cm³/mol. The molecule has 0 saturated carbocycles. The number of carbonyl (C=O) groups is 1. The van der Waals surface area contributed by atoms with Gasteiger partial charge in [-0.1, -0.05) is 22.0 Å². The monoisotopic (exact) mass is 337 g/mol. The van der Waals surface area contributed by atoms with Crippen molar-refractivity contribution < 1.29 is 14.3 Å². The molecule has 2 rings (SSSR count). The van der Waals surface area contributed by atoms with Gasteiger partial charge in [0.2, 0.25) is 0 Å². The summed E-state index contributed by atoms with van der Waals surface area (Å²) in [5.41, 5.74) is 1.57. The molecule has 0 radical (unpaired) electrons. The standard InChI is InChI=1S/C15H13BrFNO2/c1-2-18(13-5-3-4-12(17)9-13)14-7-10(15(19)20)6-11(16)8-14/h3-9H,2H2,1H3,(H,19,20). The second-order valence-electron chi connectivity index (χ2n) is 4.23. The third-order valence-corrected chi connectivity index (χ3v) is 3.34. The highest BCUT2D eigenvalue weighted by Crippen LogP contribution is 2.29.